The molecule has 2 aromatic carbocycles. The van der Waals surface area contributed by atoms with Crippen LogP contribution in [0.15, 0.2) is 61.1 Å². The third-order valence-electron chi connectivity index (χ3n) is 5.64. The van der Waals surface area contributed by atoms with Gasteiger partial charge in [-0.3, -0.25) is 4.79 Å². The van der Waals surface area contributed by atoms with Crippen molar-refractivity contribution in [1.29, 1.82) is 0 Å². The fraction of sp³-hybridized carbons (Fsp3) is 0.280. The highest BCUT2D eigenvalue weighted by atomic mass is 16.5. The van der Waals surface area contributed by atoms with Crippen molar-refractivity contribution in [1.82, 2.24) is 20.2 Å². The Morgan fingerprint density at radius 2 is 1.66 bits per heavy atom. The summed E-state index contributed by atoms with van der Waals surface area (Å²) in [6, 6.07) is 16.2. The topological polar surface area (TPSA) is 132 Å². The molecule has 10 heteroatoms. The molecule has 0 saturated heterocycles. The molecule has 0 fully saturated rings. The van der Waals surface area contributed by atoms with Crippen molar-refractivity contribution in [2.45, 2.75) is 12.5 Å². The van der Waals surface area contributed by atoms with Crippen LogP contribution in [-0.4, -0.2) is 65.5 Å². The minimum Gasteiger partial charge on any atom is -0.476 e. The van der Waals surface area contributed by atoms with Crippen LogP contribution in [0.2, 0.25) is 0 Å². The number of carbonyl (C=O) groups excluding carboxylic acids is 2. The zero-order valence-corrected chi connectivity index (χ0v) is 19.0. The summed E-state index contributed by atoms with van der Waals surface area (Å²) in [4.78, 5) is 38.5. The van der Waals surface area contributed by atoms with E-state index in [-0.39, 0.29) is 43.9 Å². The van der Waals surface area contributed by atoms with Gasteiger partial charge in [0.1, 0.15) is 13.2 Å². The summed E-state index contributed by atoms with van der Waals surface area (Å²) >= 11 is 0. The highest BCUT2D eigenvalue weighted by molar-refractivity contribution is 5.85. The third kappa shape index (κ3) is 6.04. The average molecular weight is 479 g/mol. The van der Waals surface area contributed by atoms with Crippen LogP contribution in [0.1, 0.15) is 27.5 Å². The minimum absolute atomic E-state index is 0.00821. The maximum atomic E-state index is 12.1. The van der Waals surface area contributed by atoms with E-state index < -0.39 is 12.1 Å². The second-order valence-electron chi connectivity index (χ2n) is 7.96. The maximum absolute atomic E-state index is 12.1. The predicted molar refractivity (Wildman–Crippen MR) is 126 cm³/mol. The number of nitrogens with one attached hydrogen (secondary N) is 2. The molecule has 35 heavy (non-hydrogen) atoms. The van der Waals surface area contributed by atoms with Crippen LogP contribution >= 0.6 is 0 Å². The van der Waals surface area contributed by atoms with E-state index in [1.807, 2.05) is 24.3 Å². The lowest BCUT2D eigenvalue weighted by Gasteiger charge is -2.14. The lowest BCUT2D eigenvalue weighted by Crippen LogP contribution is -2.33. The Labute approximate surface area is 201 Å². The van der Waals surface area contributed by atoms with Gasteiger partial charge in [-0.1, -0.05) is 48.5 Å². The second-order valence-corrected chi connectivity index (χ2v) is 7.96. The molecule has 3 aromatic rings. The number of ether oxygens (including phenoxy) is 2. The summed E-state index contributed by atoms with van der Waals surface area (Å²) < 4.78 is 12.3. The van der Waals surface area contributed by atoms with Gasteiger partial charge in [-0.2, -0.15) is 0 Å². The van der Waals surface area contributed by atoms with Crippen molar-refractivity contribution in [3.8, 4) is 11.1 Å². The summed E-state index contributed by atoms with van der Waals surface area (Å²) in [5.74, 6) is -1.43. The fourth-order valence-corrected chi connectivity index (χ4v) is 4.01. The van der Waals surface area contributed by atoms with Crippen LogP contribution in [0.5, 0.6) is 0 Å². The molecule has 0 saturated carbocycles. The average Bonchev–Trinajstić information content (AvgIpc) is 3.46. The van der Waals surface area contributed by atoms with Gasteiger partial charge in [0.15, 0.2) is 5.69 Å². The number of rotatable bonds is 11. The lowest BCUT2D eigenvalue weighted by molar-refractivity contribution is -0.125. The number of aromatic carboxylic acids is 1. The smallest absolute Gasteiger partial charge is 0.407 e. The SMILES string of the molecule is O=C(COCCNC(=O)OCC1c2ccccc2-c2ccccc21)NCCn1cnc(C(=O)O)c1. The molecule has 1 aliphatic rings. The van der Waals surface area contributed by atoms with Gasteiger partial charge in [-0.05, 0) is 22.3 Å². The van der Waals surface area contributed by atoms with Gasteiger partial charge in [0.25, 0.3) is 0 Å². The Morgan fingerprint density at radius 3 is 2.31 bits per heavy atom. The highest BCUT2D eigenvalue weighted by Crippen LogP contribution is 2.44. The van der Waals surface area contributed by atoms with E-state index in [0.717, 1.165) is 11.1 Å². The number of carboxylic acid groups (broad SMARTS) is 1. The molecular formula is C25H26N4O6. The molecule has 3 N–H and O–H groups in total. The van der Waals surface area contributed by atoms with E-state index >= 15 is 0 Å². The minimum atomic E-state index is -1.10. The van der Waals surface area contributed by atoms with Crippen molar-refractivity contribution in [3.05, 3.63) is 77.9 Å². The van der Waals surface area contributed by atoms with Crippen molar-refractivity contribution < 1.29 is 29.0 Å². The van der Waals surface area contributed by atoms with Gasteiger partial charge < -0.3 is 29.8 Å². The van der Waals surface area contributed by atoms with Crippen molar-refractivity contribution in [2.24, 2.45) is 0 Å². The molecule has 1 heterocycles. The monoisotopic (exact) mass is 478 g/mol. The van der Waals surface area contributed by atoms with Crippen molar-refractivity contribution in [3.63, 3.8) is 0 Å². The van der Waals surface area contributed by atoms with Crippen LogP contribution < -0.4 is 10.6 Å². The number of nitrogens with zero attached hydrogens (tertiary/aromatic N) is 2. The van der Waals surface area contributed by atoms with E-state index in [1.54, 1.807) is 4.57 Å². The Morgan fingerprint density at radius 1 is 0.971 bits per heavy atom. The van der Waals surface area contributed by atoms with Gasteiger partial charge in [0.2, 0.25) is 5.91 Å². The lowest BCUT2D eigenvalue weighted by atomic mass is 9.98. The molecular weight excluding hydrogens is 452 g/mol. The number of carbonyl (C=O) groups is 3. The van der Waals surface area contributed by atoms with E-state index in [1.165, 1.54) is 23.7 Å². The molecule has 0 bridgehead atoms. The second kappa shape index (κ2) is 11.3. The molecule has 4 rings (SSSR count). The number of aromatic nitrogens is 2. The molecule has 0 atom stereocenters. The molecule has 2 amide bonds. The number of alkyl carbamates (subject to hydrolysis) is 1. The summed E-state index contributed by atoms with van der Waals surface area (Å²) in [7, 11) is 0. The van der Waals surface area contributed by atoms with E-state index in [4.69, 9.17) is 14.6 Å². The van der Waals surface area contributed by atoms with Crippen molar-refractivity contribution >= 4 is 18.0 Å². The van der Waals surface area contributed by atoms with Gasteiger partial charge in [-0.25, -0.2) is 14.6 Å². The molecule has 0 unspecified atom stereocenters. The Bertz CT molecular complexity index is 1160. The molecule has 1 aliphatic carbocycles. The summed E-state index contributed by atoms with van der Waals surface area (Å²) in [6.07, 6.45) is 2.24. The first-order valence-corrected chi connectivity index (χ1v) is 11.2. The van der Waals surface area contributed by atoms with Gasteiger partial charge >= 0.3 is 12.1 Å². The molecule has 1 aromatic heterocycles. The van der Waals surface area contributed by atoms with Crippen LogP contribution in [0, 0.1) is 0 Å². The number of hydrogen-bond donors (Lipinski definition) is 3. The molecule has 182 valence electrons. The largest absolute Gasteiger partial charge is 0.476 e. The van der Waals surface area contributed by atoms with Gasteiger partial charge in [0.05, 0.1) is 12.9 Å². The standard InChI is InChI=1S/C25H26N4O6/c30-23(26-9-11-29-13-22(24(31)32)28-16-29)15-34-12-10-27-25(33)35-14-21-19-7-3-1-5-17(19)18-6-2-4-8-20(18)21/h1-8,13,16,21H,9-12,14-15H2,(H,26,30)(H,27,33)(H,31,32). The van der Waals surface area contributed by atoms with E-state index in [0.29, 0.717) is 13.1 Å². The predicted octanol–water partition coefficient (Wildman–Crippen LogP) is 2.25. The zero-order valence-electron chi connectivity index (χ0n) is 19.0. The molecule has 0 radical (unpaired) electrons. The first kappa shape index (κ1) is 24.0. The Kier molecular flexibility index (Phi) is 7.74. The van der Waals surface area contributed by atoms with Gasteiger partial charge in [-0.15, -0.1) is 0 Å². The van der Waals surface area contributed by atoms with Crippen LogP contribution in [0.3, 0.4) is 0 Å². The quantitative estimate of drug-likeness (QED) is 0.360. The molecule has 0 aliphatic heterocycles. The van der Waals surface area contributed by atoms with Crippen LogP contribution in [0.25, 0.3) is 11.1 Å². The highest BCUT2D eigenvalue weighted by Gasteiger charge is 2.28. The zero-order chi connectivity index (χ0) is 24.6. The van der Waals surface area contributed by atoms with Gasteiger partial charge in [0, 0.05) is 31.7 Å². The third-order valence-corrected chi connectivity index (χ3v) is 5.64. The Hall–Kier alpha value is -4.18. The first-order valence-electron chi connectivity index (χ1n) is 11.2. The van der Waals surface area contributed by atoms with E-state index in [2.05, 4.69) is 39.9 Å². The summed E-state index contributed by atoms with van der Waals surface area (Å²) in [5.41, 5.74) is 4.57. The van der Waals surface area contributed by atoms with Crippen LogP contribution in [-0.2, 0) is 20.8 Å². The molecule has 0 spiro atoms. The number of imidazole rings is 1. The number of carboxylic acids is 1. The first-order chi connectivity index (χ1) is 17.0. The number of amides is 2. The number of benzene rings is 2. The Balaban J connectivity index is 1.10. The number of hydrogen-bond acceptors (Lipinski definition) is 6. The van der Waals surface area contributed by atoms with Crippen molar-refractivity contribution in [2.75, 3.05) is 32.9 Å². The number of fused-ring (bicyclic) bond motifs is 3. The fourth-order valence-electron chi connectivity index (χ4n) is 4.01. The maximum Gasteiger partial charge on any atom is 0.407 e. The summed E-state index contributed by atoms with van der Waals surface area (Å²) in [6.45, 7) is 1.12. The molecule has 10 nitrogen and oxygen atoms in total. The van der Waals surface area contributed by atoms with Crippen LogP contribution in [0.4, 0.5) is 4.79 Å². The van der Waals surface area contributed by atoms with E-state index in [9.17, 15) is 14.4 Å². The summed E-state index contributed by atoms with van der Waals surface area (Å²) in [5, 5.41) is 14.1. The normalized spacial score (nSPS) is 12.0.